The van der Waals surface area contributed by atoms with Crippen LogP contribution in [-0.4, -0.2) is 17.9 Å². The van der Waals surface area contributed by atoms with E-state index in [1.54, 1.807) is 6.07 Å². The van der Waals surface area contributed by atoms with Crippen molar-refractivity contribution < 1.29 is 9.59 Å². The fraction of sp³-hybridized carbons (Fsp3) is 0.391. The van der Waals surface area contributed by atoms with E-state index in [4.69, 9.17) is 11.6 Å². The average molecular weight is 431 g/mol. The van der Waals surface area contributed by atoms with Crippen molar-refractivity contribution in [3.8, 4) is 0 Å². The summed E-state index contributed by atoms with van der Waals surface area (Å²) in [6.07, 6.45) is 3.38. The van der Waals surface area contributed by atoms with Gasteiger partial charge in [-0.15, -0.1) is 0 Å². The Labute approximate surface area is 181 Å². The van der Waals surface area contributed by atoms with Crippen molar-refractivity contribution in [2.24, 2.45) is 11.8 Å². The summed E-state index contributed by atoms with van der Waals surface area (Å²) >= 11 is 7.48. The predicted octanol–water partition coefficient (Wildman–Crippen LogP) is 6.00. The number of halogens is 1. The van der Waals surface area contributed by atoms with Gasteiger partial charge in [0.1, 0.15) is 0 Å². The number of amides is 2. The topological polar surface area (TPSA) is 58.2 Å². The van der Waals surface area contributed by atoms with E-state index < -0.39 is 0 Å². The maximum Gasteiger partial charge on any atom is 0.251 e. The largest absolute Gasteiger partial charge is 0.349 e. The van der Waals surface area contributed by atoms with Gasteiger partial charge in [-0.2, -0.15) is 0 Å². The van der Waals surface area contributed by atoms with Gasteiger partial charge in [-0.05, 0) is 60.7 Å². The Balaban J connectivity index is 1.79. The number of hydrogen-bond donors (Lipinski definition) is 2. The highest BCUT2D eigenvalue weighted by atomic mass is 35.5. The van der Waals surface area contributed by atoms with Gasteiger partial charge < -0.3 is 10.6 Å². The normalized spacial score (nSPS) is 21.4. The van der Waals surface area contributed by atoms with E-state index in [9.17, 15) is 9.59 Å². The smallest absolute Gasteiger partial charge is 0.251 e. The number of carbonyl (C=O) groups excluding carboxylic acids is 2. The van der Waals surface area contributed by atoms with Gasteiger partial charge in [-0.25, -0.2) is 0 Å². The molecule has 29 heavy (non-hydrogen) atoms. The number of benzene rings is 2. The summed E-state index contributed by atoms with van der Waals surface area (Å²) in [6.45, 7) is 5.93. The fourth-order valence-electron chi connectivity index (χ4n) is 3.71. The molecule has 0 unspecified atom stereocenters. The summed E-state index contributed by atoms with van der Waals surface area (Å²) in [7, 11) is 0. The van der Waals surface area contributed by atoms with Crippen LogP contribution in [0.1, 0.15) is 50.4 Å². The summed E-state index contributed by atoms with van der Waals surface area (Å²) in [5, 5.41) is 6.73. The van der Waals surface area contributed by atoms with E-state index in [1.165, 1.54) is 25.1 Å². The third-order valence-electron chi connectivity index (χ3n) is 5.62. The lowest BCUT2D eigenvalue weighted by Gasteiger charge is -2.34. The molecule has 6 heteroatoms. The molecule has 0 saturated heterocycles. The summed E-state index contributed by atoms with van der Waals surface area (Å²) in [5.74, 6) is 0.810. The maximum absolute atomic E-state index is 12.9. The first-order chi connectivity index (χ1) is 13.8. The van der Waals surface area contributed by atoms with Crippen LogP contribution < -0.4 is 10.6 Å². The summed E-state index contributed by atoms with van der Waals surface area (Å²) in [6, 6.07) is 13.2. The lowest BCUT2D eigenvalue weighted by atomic mass is 9.78. The molecular weight excluding hydrogens is 404 g/mol. The standard InChI is InChI=1S/C23H27ClN2O2S/c1-14-5-4-6-20(15(14)2)26-23(28)17-7-12-22(21(13-17)25-16(3)27)29-19-10-8-18(24)9-11-19/h7-15,20H,4-6H2,1-3H3,(H,25,27)(H,26,28)/t14-,15-,20-/m1/s1. The average Bonchev–Trinajstić information content (AvgIpc) is 2.68. The zero-order chi connectivity index (χ0) is 21.0. The second kappa shape index (κ2) is 9.68. The van der Waals surface area contributed by atoms with E-state index >= 15 is 0 Å². The van der Waals surface area contributed by atoms with E-state index in [-0.39, 0.29) is 17.9 Å². The molecule has 1 fully saturated rings. The molecule has 2 aromatic carbocycles. The van der Waals surface area contributed by atoms with Crippen molar-refractivity contribution in [2.75, 3.05) is 5.32 Å². The molecule has 0 aliphatic heterocycles. The van der Waals surface area contributed by atoms with Gasteiger partial charge in [0.15, 0.2) is 0 Å². The molecule has 0 spiro atoms. The molecule has 3 atom stereocenters. The lowest BCUT2D eigenvalue weighted by Crippen LogP contribution is -2.43. The first-order valence-electron chi connectivity index (χ1n) is 9.99. The molecule has 3 rings (SSSR count). The van der Waals surface area contributed by atoms with Crippen LogP contribution in [0.25, 0.3) is 0 Å². The first kappa shape index (κ1) is 21.7. The van der Waals surface area contributed by atoms with Gasteiger partial charge >= 0.3 is 0 Å². The molecule has 1 saturated carbocycles. The van der Waals surface area contributed by atoms with E-state index in [1.807, 2.05) is 36.4 Å². The predicted molar refractivity (Wildman–Crippen MR) is 120 cm³/mol. The minimum Gasteiger partial charge on any atom is -0.349 e. The molecule has 154 valence electrons. The van der Waals surface area contributed by atoms with E-state index in [0.717, 1.165) is 22.6 Å². The Morgan fingerprint density at radius 3 is 2.48 bits per heavy atom. The number of carbonyl (C=O) groups is 2. The molecule has 2 amide bonds. The summed E-state index contributed by atoms with van der Waals surface area (Å²) < 4.78 is 0. The number of anilines is 1. The van der Waals surface area contributed by atoms with Gasteiger partial charge in [-0.3, -0.25) is 9.59 Å². The molecule has 1 aliphatic carbocycles. The van der Waals surface area contributed by atoms with Crippen LogP contribution in [0.3, 0.4) is 0 Å². The second-order valence-corrected chi connectivity index (χ2v) is 9.35. The van der Waals surface area contributed by atoms with Gasteiger partial charge in [-0.1, -0.05) is 50.1 Å². The van der Waals surface area contributed by atoms with Crippen molar-refractivity contribution in [2.45, 2.75) is 55.9 Å². The third-order valence-corrected chi connectivity index (χ3v) is 6.95. The molecule has 0 heterocycles. The molecule has 2 aromatic rings. The second-order valence-electron chi connectivity index (χ2n) is 7.80. The Bertz CT molecular complexity index is 885. The molecular formula is C23H27ClN2O2S. The zero-order valence-corrected chi connectivity index (χ0v) is 18.6. The van der Waals surface area contributed by atoms with Gasteiger partial charge in [0, 0.05) is 33.3 Å². The fourth-order valence-corrected chi connectivity index (χ4v) is 4.72. The molecule has 0 bridgehead atoms. The highest BCUT2D eigenvalue weighted by molar-refractivity contribution is 7.99. The van der Waals surface area contributed by atoms with Crippen molar-refractivity contribution in [3.63, 3.8) is 0 Å². The van der Waals surface area contributed by atoms with Gasteiger partial charge in [0.05, 0.1) is 5.69 Å². The molecule has 2 N–H and O–H groups in total. The Hall–Kier alpha value is -1.98. The van der Waals surface area contributed by atoms with Crippen molar-refractivity contribution >= 4 is 40.9 Å². The Morgan fingerprint density at radius 1 is 1.07 bits per heavy atom. The third kappa shape index (κ3) is 5.77. The summed E-state index contributed by atoms with van der Waals surface area (Å²) in [4.78, 5) is 26.4. The van der Waals surface area contributed by atoms with Crippen LogP contribution in [0.5, 0.6) is 0 Å². The van der Waals surface area contributed by atoms with Crippen LogP contribution in [0.4, 0.5) is 5.69 Å². The highest BCUT2D eigenvalue weighted by Gasteiger charge is 2.28. The highest BCUT2D eigenvalue weighted by Crippen LogP contribution is 2.35. The van der Waals surface area contributed by atoms with E-state index in [2.05, 4.69) is 24.5 Å². The molecule has 4 nitrogen and oxygen atoms in total. The molecule has 0 radical (unpaired) electrons. The van der Waals surface area contributed by atoms with Crippen LogP contribution in [0, 0.1) is 11.8 Å². The maximum atomic E-state index is 12.9. The minimum atomic E-state index is -0.171. The quantitative estimate of drug-likeness (QED) is 0.611. The SMILES string of the molecule is CC(=O)Nc1cc(C(=O)N[C@@H]2CCC[C@@H](C)[C@H]2C)ccc1Sc1ccc(Cl)cc1. The lowest BCUT2D eigenvalue weighted by molar-refractivity contribution is -0.114. The van der Waals surface area contributed by atoms with Gasteiger partial charge in [0.2, 0.25) is 5.91 Å². The Morgan fingerprint density at radius 2 is 1.79 bits per heavy atom. The van der Waals surface area contributed by atoms with Crippen LogP contribution >= 0.6 is 23.4 Å². The molecule has 1 aliphatic rings. The first-order valence-corrected chi connectivity index (χ1v) is 11.2. The summed E-state index contributed by atoms with van der Waals surface area (Å²) in [5.41, 5.74) is 1.19. The van der Waals surface area contributed by atoms with E-state index in [0.29, 0.717) is 28.1 Å². The molecule has 0 aromatic heterocycles. The number of rotatable bonds is 5. The monoisotopic (exact) mass is 430 g/mol. The number of nitrogens with one attached hydrogen (secondary N) is 2. The van der Waals surface area contributed by atoms with Crippen molar-refractivity contribution in [3.05, 3.63) is 53.1 Å². The minimum absolute atomic E-state index is 0.0920. The van der Waals surface area contributed by atoms with Crippen LogP contribution in [0.2, 0.25) is 5.02 Å². The Kier molecular flexibility index (Phi) is 7.25. The zero-order valence-electron chi connectivity index (χ0n) is 17.0. The van der Waals surface area contributed by atoms with Crippen molar-refractivity contribution in [1.29, 1.82) is 0 Å². The van der Waals surface area contributed by atoms with Crippen LogP contribution in [0.15, 0.2) is 52.3 Å². The van der Waals surface area contributed by atoms with Crippen molar-refractivity contribution in [1.82, 2.24) is 5.32 Å². The van der Waals surface area contributed by atoms with Gasteiger partial charge in [0.25, 0.3) is 5.91 Å². The number of hydrogen-bond acceptors (Lipinski definition) is 3. The van der Waals surface area contributed by atoms with Crippen LogP contribution in [-0.2, 0) is 4.79 Å².